The van der Waals surface area contributed by atoms with E-state index in [-0.39, 0.29) is 28.4 Å². The van der Waals surface area contributed by atoms with Crippen LogP contribution in [-0.4, -0.2) is 25.7 Å². The summed E-state index contributed by atoms with van der Waals surface area (Å²) < 4.78 is 30.7. The van der Waals surface area contributed by atoms with Gasteiger partial charge in [0.1, 0.15) is 10.6 Å². The lowest BCUT2D eigenvalue weighted by Crippen LogP contribution is -2.16. The summed E-state index contributed by atoms with van der Waals surface area (Å²) in [6.45, 7) is 2.64. The van der Waals surface area contributed by atoms with Crippen LogP contribution in [0.25, 0.3) is 0 Å². The van der Waals surface area contributed by atoms with E-state index in [0.29, 0.717) is 18.0 Å². The van der Waals surface area contributed by atoms with E-state index in [9.17, 15) is 13.2 Å². The van der Waals surface area contributed by atoms with E-state index < -0.39 is 10.0 Å². The van der Waals surface area contributed by atoms with Gasteiger partial charge in [-0.3, -0.25) is 9.78 Å². The molecule has 162 valence electrons. The summed E-state index contributed by atoms with van der Waals surface area (Å²) in [5, 5.41) is 8.70. The highest BCUT2D eigenvalue weighted by Gasteiger charge is 2.23. The molecule has 0 fully saturated rings. The third-order valence-electron chi connectivity index (χ3n) is 4.61. The van der Waals surface area contributed by atoms with Crippen molar-refractivity contribution >= 4 is 21.5 Å². The number of benzene rings is 2. The van der Waals surface area contributed by atoms with E-state index in [2.05, 4.69) is 10.3 Å². The van der Waals surface area contributed by atoms with Crippen LogP contribution in [0.4, 0.5) is 5.69 Å². The molecule has 0 saturated carbocycles. The second-order valence-electron chi connectivity index (χ2n) is 7.05. The number of pyridine rings is 1. The lowest BCUT2D eigenvalue weighted by atomic mass is 10.0. The van der Waals surface area contributed by atoms with Crippen LogP contribution >= 0.6 is 0 Å². The highest BCUT2D eigenvalue weighted by molar-refractivity contribution is 7.89. The molecule has 31 heavy (non-hydrogen) atoms. The van der Waals surface area contributed by atoms with Crippen LogP contribution in [0, 0.1) is 0 Å². The fourth-order valence-corrected chi connectivity index (χ4v) is 3.71. The summed E-state index contributed by atoms with van der Waals surface area (Å²) in [6.07, 6.45) is 5.13. The molecule has 8 heteroatoms. The minimum atomic E-state index is -4.16. The zero-order valence-corrected chi connectivity index (χ0v) is 18.1. The minimum absolute atomic E-state index is 0.0743. The average Bonchev–Trinajstić information content (AvgIpc) is 2.75. The number of ether oxygens (including phenoxy) is 1. The van der Waals surface area contributed by atoms with Crippen LogP contribution in [0.2, 0.25) is 0 Å². The summed E-state index contributed by atoms with van der Waals surface area (Å²) in [4.78, 5) is 16.6. The van der Waals surface area contributed by atoms with E-state index in [4.69, 9.17) is 9.88 Å². The van der Waals surface area contributed by atoms with Gasteiger partial charge >= 0.3 is 0 Å². The van der Waals surface area contributed by atoms with Crippen LogP contribution in [0.3, 0.4) is 0 Å². The molecule has 0 radical (unpaired) electrons. The number of ketones is 1. The molecule has 3 rings (SSSR count). The number of hydrogen-bond donors (Lipinski definition) is 2. The van der Waals surface area contributed by atoms with E-state index in [1.807, 2.05) is 13.0 Å². The molecule has 2 aromatic carbocycles. The van der Waals surface area contributed by atoms with Crippen molar-refractivity contribution in [3.63, 3.8) is 0 Å². The van der Waals surface area contributed by atoms with Crippen LogP contribution < -0.4 is 15.2 Å². The highest BCUT2D eigenvalue weighted by Crippen LogP contribution is 2.37. The number of anilines is 1. The Bertz CT molecular complexity index is 1130. The number of sulfonamides is 1. The van der Waals surface area contributed by atoms with Crippen molar-refractivity contribution in [1.29, 1.82) is 0 Å². The molecule has 1 heterocycles. The Morgan fingerprint density at radius 1 is 1.10 bits per heavy atom. The number of Topliss-reactive ketones (excluding diaryl/α,β-unsaturated/α-hetero) is 1. The van der Waals surface area contributed by atoms with Gasteiger partial charge in [-0.25, -0.2) is 13.6 Å². The molecule has 0 aliphatic rings. The Balaban J connectivity index is 2.06. The first-order chi connectivity index (χ1) is 14.9. The number of rotatable bonds is 10. The Kier molecular flexibility index (Phi) is 7.38. The first-order valence-electron chi connectivity index (χ1n) is 9.98. The highest BCUT2D eigenvalue weighted by atomic mass is 32.2. The zero-order chi connectivity index (χ0) is 22.3. The van der Waals surface area contributed by atoms with Gasteiger partial charge in [0, 0.05) is 30.9 Å². The van der Waals surface area contributed by atoms with Crippen molar-refractivity contribution in [3.8, 4) is 11.5 Å². The number of hydrogen-bond acceptors (Lipinski definition) is 6. The molecule has 0 saturated heterocycles. The summed E-state index contributed by atoms with van der Waals surface area (Å²) >= 11 is 0. The quantitative estimate of drug-likeness (QED) is 0.362. The maximum Gasteiger partial charge on any atom is 0.241 e. The number of para-hydroxylation sites is 1. The molecule has 0 spiro atoms. The van der Waals surface area contributed by atoms with E-state index >= 15 is 0 Å². The molecule has 0 bridgehead atoms. The number of carbonyl (C=O) groups excluding carboxylic acids is 1. The van der Waals surface area contributed by atoms with Gasteiger partial charge in [0.2, 0.25) is 10.0 Å². The van der Waals surface area contributed by atoms with Gasteiger partial charge < -0.3 is 10.1 Å². The number of nitrogens with two attached hydrogens (primary N) is 1. The van der Waals surface area contributed by atoms with Gasteiger partial charge in [0.25, 0.3) is 0 Å². The van der Waals surface area contributed by atoms with E-state index in [0.717, 1.165) is 18.4 Å². The first kappa shape index (κ1) is 22.5. The third-order valence-corrected chi connectivity index (χ3v) is 5.52. The molecule has 0 aliphatic carbocycles. The standard InChI is InChI=1S/C23H25N3O4S/c1-2-3-11-26-20-15-18(21(27)14-17-9-12-25-13-10-17)16-22(31(24,28)29)23(20)30-19-7-5-4-6-8-19/h4-10,12-13,15-16,26H,2-3,11,14H2,1H3,(H2,24,28,29). The topological polar surface area (TPSA) is 111 Å². The molecule has 3 N–H and O–H groups in total. The maximum absolute atomic E-state index is 12.9. The lowest BCUT2D eigenvalue weighted by Gasteiger charge is -2.18. The van der Waals surface area contributed by atoms with Crippen molar-refractivity contribution in [2.75, 3.05) is 11.9 Å². The van der Waals surface area contributed by atoms with Gasteiger partial charge in [-0.2, -0.15) is 0 Å². The summed E-state index contributed by atoms with van der Waals surface area (Å²) in [5.41, 5.74) is 1.42. The van der Waals surface area contributed by atoms with Crippen LogP contribution in [0.5, 0.6) is 11.5 Å². The zero-order valence-electron chi connectivity index (χ0n) is 17.2. The Morgan fingerprint density at radius 2 is 1.81 bits per heavy atom. The average molecular weight is 440 g/mol. The van der Waals surface area contributed by atoms with Crippen molar-refractivity contribution in [3.05, 3.63) is 78.1 Å². The normalized spacial score (nSPS) is 11.2. The number of unbranched alkanes of at least 4 members (excludes halogenated alkanes) is 1. The second kappa shape index (κ2) is 10.2. The van der Waals surface area contributed by atoms with Crippen LogP contribution in [0.1, 0.15) is 35.7 Å². The molecular weight excluding hydrogens is 414 g/mol. The van der Waals surface area contributed by atoms with Crippen LogP contribution in [0.15, 0.2) is 71.9 Å². The molecule has 1 aromatic heterocycles. The third kappa shape index (κ3) is 6.13. The molecule has 0 amide bonds. The number of aromatic nitrogens is 1. The lowest BCUT2D eigenvalue weighted by molar-refractivity contribution is 0.0993. The Hall–Kier alpha value is -3.23. The fraction of sp³-hybridized carbons (Fsp3) is 0.217. The first-order valence-corrected chi connectivity index (χ1v) is 11.5. The van der Waals surface area contributed by atoms with Gasteiger partial charge in [0.15, 0.2) is 11.5 Å². The van der Waals surface area contributed by atoms with Crippen LogP contribution in [-0.2, 0) is 16.4 Å². The Labute approximate surface area is 182 Å². The number of primary sulfonamides is 1. The number of nitrogens with zero attached hydrogens (tertiary/aromatic N) is 1. The minimum Gasteiger partial charge on any atom is -0.454 e. The van der Waals surface area contributed by atoms with Gasteiger partial charge in [0.05, 0.1) is 5.69 Å². The van der Waals surface area contributed by atoms with Gasteiger partial charge in [-0.1, -0.05) is 31.5 Å². The molecule has 0 aliphatic heterocycles. The number of nitrogens with one attached hydrogen (secondary N) is 1. The van der Waals surface area contributed by atoms with Crippen molar-refractivity contribution in [2.24, 2.45) is 5.14 Å². The molecule has 7 nitrogen and oxygen atoms in total. The SMILES string of the molecule is CCCCNc1cc(C(=O)Cc2ccncc2)cc(S(N)(=O)=O)c1Oc1ccccc1. The summed E-state index contributed by atoms with van der Waals surface area (Å²) in [7, 11) is -4.16. The fourth-order valence-electron chi connectivity index (χ4n) is 3.01. The molecule has 0 atom stereocenters. The van der Waals surface area contributed by atoms with Crippen molar-refractivity contribution in [1.82, 2.24) is 4.98 Å². The monoisotopic (exact) mass is 439 g/mol. The molecule has 3 aromatic rings. The summed E-state index contributed by atoms with van der Waals surface area (Å²) in [6, 6.07) is 15.2. The van der Waals surface area contributed by atoms with E-state index in [1.54, 1.807) is 54.9 Å². The smallest absolute Gasteiger partial charge is 0.241 e. The largest absolute Gasteiger partial charge is 0.454 e. The summed E-state index contributed by atoms with van der Waals surface area (Å²) in [5.74, 6) is 0.299. The second-order valence-corrected chi connectivity index (χ2v) is 8.58. The van der Waals surface area contributed by atoms with E-state index in [1.165, 1.54) is 6.07 Å². The Morgan fingerprint density at radius 3 is 2.45 bits per heavy atom. The molecule has 0 unspecified atom stereocenters. The predicted octanol–water partition coefficient (Wildman–Crippen LogP) is 4.16. The van der Waals surface area contributed by atoms with Crippen molar-refractivity contribution in [2.45, 2.75) is 31.1 Å². The number of carbonyl (C=O) groups is 1. The van der Waals surface area contributed by atoms with Gasteiger partial charge in [-0.15, -0.1) is 0 Å². The van der Waals surface area contributed by atoms with Crippen molar-refractivity contribution < 1.29 is 17.9 Å². The molecular formula is C23H25N3O4S. The predicted molar refractivity (Wildman–Crippen MR) is 120 cm³/mol. The van der Waals surface area contributed by atoms with Gasteiger partial charge in [-0.05, 0) is 48.4 Å². The maximum atomic E-state index is 12.9.